The molecule has 2 aromatic rings. The van der Waals surface area contributed by atoms with Crippen molar-refractivity contribution in [2.45, 2.75) is 6.92 Å². The molecule has 1 amide bonds. The molecule has 1 heterocycles. The summed E-state index contributed by atoms with van der Waals surface area (Å²) in [6.45, 7) is 1.26. The maximum Gasteiger partial charge on any atom is 0.316 e. The van der Waals surface area contributed by atoms with Crippen LogP contribution in [-0.2, 0) is 14.3 Å². The first-order valence-corrected chi connectivity index (χ1v) is 9.21. The summed E-state index contributed by atoms with van der Waals surface area (Å²) in [5, 5.41) is 6.74. The Bertz CT molecular complexity index is 825. The molecule has 0 spiro atoms. The van der Waals surface area contributed by atoms with E-state index in [-0.39, 0.29) is 28.0 Å². The third-order valence-corrected chi connectivity index (χ3v) is 4.40. The Labute approximate surface area is 163 Å². The molecule has 0 fully saturated rings. The lowest BCUT2D eigenvalue weighted by molar-refractivity contribution is -0.139. The van der Waals surface area contributed by atoms with Gasteiger partial charge in [-0.05, 0) is 25.1 Å². The van der Waals surface area contributed by atoms with Crippen molar-refractivity contribution in [1.82, 2.24) is 5.16 Å². The maximum atomic E-state index is 12.0. The smallest absolute Gasteiger partial charge is 0.316 e. The summed E-state index contributed by atoms with van der Waals surface area (Å²) in [5.74, 6) is -0.559. The number of amides is 1. The van der Waals surface area contributed by atoms with Crippen LogP contribution in [0, 0.1) is 6.92 Å². The van der Waals surface area contributed by atoms with Gasteiger partial charge in [-0.1, -0.05) is 28.4 Å². The summed E-state index contributed by atoms with van der Waals surface area (Å²) >= 11 is 12.7. The van der Waals surface area contributed by atoms with Gasteiger partial charge in [0.25, 0.3) is 0 Å². The molecule has 0 saturated carbocycles. The van der Waals surface area contributed by atoms with E-state index in [4.69, 9.17) is 32.5 Å². The van der Waals surface area contributed by atoms with Crippen molar-refractivity contribution in [2.24, 2.45) is 0 Å². The van der Waals surface area contributed by atoms with Crippen molar-refractivity contribution >= 4 is 58.4 Å². The second-order valence-electron chi connectivity index (χ2n) is 5.07. The van der Waals surface area contributed by atoms with E-state index in [1.807, 2.05) is 0 Å². The minimum atomic E-state index is -0.612. The number of aryl methyl sites for hydroxylation is 1. The molecule has 1 aromatic heterocycles. The molecule has 0 aliphatic carbocycles. The van der Waals surface area contributed by atoms with Gasteiger partial charge in [0.15, 0.2) is 12.4 Å². The van der Waals surface area contributed by atoms with E-state index in [1.54, 1.807) is 13.0 Å². The molecule has 0 bridgehead atoms. The number of ketones is 1. The highest BCUT2D eigenvalue weighted by molar-refractivity contribution is 8.00. The number of carbonyl (C=O) groups is 3. The predicted molar refractivity (Wildman–Crippen MR) is 98.9 cm³/mol. The fourth-order valence-corrected chi connectivity index (χ4v) is 2.94. The number of thioether (sulfide) groups is 1. The van der Waals surface area contributed by atoms with Crippen molar-refractivity contribution in [3.8, 4) is 0 Å². The fourth-order valence-electron chi connectivity index (χ4n) is 1.81. The van der Waals surface area contributed by atoms with Crippen LogP contribution in [0.5, 0.6) is 0 Å². The number of Topliss-reactive ketones (excluding diaryl/α,β-unsaturated/α-hetero) is 1. The predicted octanol–water partition coefficient (Wildman–Crippen LogP) is 3.39. The van der Waals surface area contributed by atoms with Gasteiger partial charge in [0, 0.05) is 16.7 Å². The van der Waals surface area contributed by atoms with Crippen LogP contribution in [-0.4, -0.2) is 40.9 Å². The van der Waals surface area contributed by atoms with E-state index >= 15 is 0 Å². The van der Waals surface area contributed by atoms with Gasteiger partial charge in [-0.15, -0.1) is 11.8 Å². The number of nitrogens with zero attached hydrogens (tertiary/aromatic N) is 1. The number of benzene rings is 1. The summed E-state index contributed by atoms with van der Waals surface area (Å²) in [5.41, 5.74) is 0.221. The van der Waals surface area contributed by atoms with Gasteiger partial charge in [-0.3, -0.25) is 14.4 Å². The van der Waals surface area contributed by atoms with Crippen LogP contribution in [0.25, 0.3) is 0 Å². The first-order chi connectivity index (χ1) is 12.3. The van der Waals surface area contributed by atoms with Crippen LogP contribution in [0.3, 0.4) is 0 Å². The van der Waals surface area contributed by atoms with E-state index in [2.05, 4.69) is 10.5 Å². The summed E-state index contributed by atoms with van der Waals surface area (Å²) < 4.78 is 9.71. The Hall–Kier alpha value is -2.03. The highest BCUT2D eigenvalue weighted by Crippen LogP contribution is 2.21. The lowest BCUT2D eigenvalue weighted by atomic mass is 10.1. The molecule has 0 radical (unpaired) electrons. The highest BCUT2D eigenvalue weighted by Gasteiger charge is 2.14. The normalized spacial score (nSPS) is 10.4. The Balaban J connectivity index is 1.68. The van der Waals surface area contributed by atoms with Crippen molar-refractivity contribution in [3.05, 3.63) is 45.6 Å². The van der Waals surface area contributed by atoms with E-state index in [0.29, 0.717) is 16.6 Å². The summed E-state index contributed by atoms with van der Waals surface area (Å²) in [6.07, 6.45) is 0. The van der Waals surface area contributed by atoms with E-state index < -0.39 is 18.4 Å². The molecule has 1 aromatic carbocycles. The number of hydrogen-bond donors (Lipinski definition) is 1. The van der Waals surface area contributed by atoms with Gasteiger partial charge < -0.3 is 14.6 Å². The number of rotatable bonds is 8. The number of nitrogens with one attached hydrogen (secondary N) is 1. The standard InChI is InChI=1S/C16H14Cl2N2O5S/c1-9-4-14(20-25-9)19-15(22)7-26-8-16(23)24-6-13(21)11-3-2-10(17)5-12(11)18/h2-5H,6-8H2,1H3,(H,19,20,22). The fraction of sp³-hybridized carbons (Fsp3) is 0.250. The van der Waals surface area contributed by atoms with Crippen LogP contribution in [0.2, 0.25) is 10.0 Å². The number of carbonyl (C=O) groups excluding carboxylic acids is 3. The topological polar surface area (TPSA) is 98.5 Å². The quantitative estimate of drug-likeness (QED) is 0.519. The SMILES string of the molecule is Cc1cc(NC(=O)CSCC(=O)OCC(=O)c2ccc(Cl)cc2Cl)no1. The molecule has 138 valence electrons. The molecule has 0 aliphatic rings. The van der Waals surface area contributed by atoms with Crippen LogP contribution in [0.1, 0.15) is 16.1 Å². The number of aromatic nitrogens is 1. The molecule has 0 atom stereocenters. The van der Waals surface area contributed by atoms with Crippen LogP contribution in [0.15, 0.2) is 28.8 Å². The molecule has 26 heavy (non-hydrogen) atoms. The van der Waals surface area contributed by atoms with Gasteiger partial charge in [0.05, 0.1) is 16.5 Å². The van der Waals surface area contributed by atoms with Crippen LogP contribution in [0.4, 0.5) is 5.82 Å². The first-order valence-electron chi connectivity index (χ1n) is 7.30. The zero-order chi connectivity index (χ0) is 19.1. The molecule has 0 aliphatic heterocycles. The number of esters is 1. The molecule has 7 nitrogen and oxygen atoms in total. The molecular weight excluding hydrogens is 403 g/mol. The highest BCUT2D eigenvalue weighted by atomic mass is 35.5. The average molecular weight is 417 g/mol. The summed E-state index contributed by atoms with van der Waals surface area (Å²) in [7, 11) is 0. The lowest BCUT2D eigenvalue weighted by Crippen LogP contribution is -2.18. The minimum Gasteiger partial charge on any atom is -0.457 e. The Kier molecular flexibility index (Phi) is 7.50. The van der Waals surface area contributed by atoms with Crippen LogP contribution < -0.4 is 5.32 Å². The van der Waals surface area contributed by atoms with Crippen LogP contribution >= 0.6 is 35.0 Å². The Morgan fingerprint density at radius 2 is 2.00 bits per heavy atom. The first kappa shape index (κ1) is 20.3. The Morgan fingerprint density at radius 3 is 2.65 bits per heavy atom. The molecule has 10 heteroatoms. The molecule has 2 rings (SSSR count). The maximum absolute atomic E-state index is 12.0. The second-order valence-corrected chi connectivity index (χ2v) is 6.90. The van der Waals surface area contributed by atoms with Gasteiger partial charge in [-0.25, -0.2) is 0 Å². The molecule has 1 N–H and O–H groups in total. The minimum absolute atomic E-state index is 0.0258. The van der Waals surface area contributed by atoms with Crippen molar-refractivity contribution < 1.29 is 23.6 Å². The molecule has 0 unspecified atom stereocenters. The monoisotopic (exact) mass is 416 g/mol. The third-order valence-electron chi connectivity index (χ3n) is 2.94. The summed E-state index contributed by atoms with van der Waals surface area (Å²) in [4.78, 5) is 35.3. The number of ether oxygens (including phenoxy) is 1. The zero-order valence-corrected chi connectivity index (χ0v) is 15.9. The number of hydrogen-bond acceptors (Lipinski definition) is 7. The third kappa shape index (κ3) is 6.36. The van der Waals surface area contributed by atoms with Gasteiger partial charge in [-0.2, -0.15) is 0 Å². The molecule has 0 saturated heterocycles. The molecular formula is C16H14Cl2N2O5S. The van der Waals surface area contributed by atoms with Gasteiger partial charge >= 0.3 is 5.97 Å². The van der Waals surface area contributed by atoms with Crippen molar-refractivity contribution in [3.63, 3.8) is 0 Å². The van der Waals surface area contributed by atoms with Crippen molar-refractivity contribution in [1.29, 1.82) is 0 Å². The number of anilines is 1. The lowest BCUT2D eigenvalue weighted by Gasteiger charge is -2.06. The second kappa shape index (κ2) is 9.61. The van der Waals surface area contributed by atoms with Crippen molar-refractivity contribution in [2.75, 3.05) is 23.4 Å². The van der Waals surface area contributed by atoms with E-state index in [1.165, 1.54) is 18.2 Å². The van der Waals surface area contributed by atoms with Gasteiger partial charge in [0.1, 0.15) is 5.76 Å². The van der Waals surface area contributed by atoms with E-state index in [9.17, 15) is 14.4 Å². The van der Waals surface area contributed by atoms with E-state index in [0.717, 1.165) is 11.8 Å². The largest absolute Gasteiger partial charge is 0.457 e. The Morgan fingerprint density at radius 1 is 1.23 bits per heavy atom. The van der Waals surface area contributed by atoms with Gasteiger partial charge in [0.2, 0.25) is 11.7 Å². The average Bonchev–Trinajstić information content (AvgIpc) is 2.97. The zero-order valence-electron chi connectivity index (χ0n) is 13.6. The summed E-state index contributed by atoms with van der Waals surface area (Å²) in [6, 6.07) is 5.99. The number of halogens is 2.